The van der Waals surface area contributed by atoms with E-state index in [2.05, 4.69) is 27.4 Å². The Morgan fingerprint density at radius 3 is 2.69 bits per heavy atom. The van der Waals surface area contributed by atoms with Gasteiger partial charge >= 0.3 is 0 Å². The van der Waals surface area contributed by atoms with Crippen molar-refractivity contribution in [2.75, 3.05) is 5.73 Å². The molecule has 0 bridgehead atoms. The van der Waals surface area contributed by atoms with E-state index in [1.807, 2.05) is 24.3 Å². The number of anilines is 1. The van der Waals surface area contributed by atoms with Crippen LogP contribution in [-0.4, -0.2) is 0 Å². The molecule has 0 unspecified atom stereocenters. The smallest absolute Gasteiger partial charge is 0.0354 e. The fourth-order valence-electron chi connectivity index (χ4n) is 1.16. The van der Waals surface area contributed by atoms with E-state index in [1.54, 1.807) is 11.3 Å². The first-order valence-electron chi connectivity index (χ1n) is 3.86. The van der Waals surface area contributed by atoms with Crippen molar-refractivity contribution in [1.82, 2.24) is 0 Å². The average Bonchev–Trinajstić information content (AvgIpc) is 2.56. The second-order valence-electron chi connectivity index (χ2n) is 2.72. The van der Waals surface area contributed by atoms with E-state index in [4.69, 9.17) is 5.73 Å². The van der Waals surface area contributed by atoms with Gasteiger partial charge < -0.3 is 5.73 Å². The third-order valence-corrected chi connectivity index (χ3v) is 3.34. The van der Waals surface area contributed by atoms with Crippen molar-refractivity contribution in [1.29, 1.82) is 0 Å². The van der Waals surface area contributed by atoms with E-state index in [1.165, 1.54) is 10.4 Å². The molecule has 66 valence electrons. The molecular formula is C10H8BrNS. The second-order valence-corrected chi connectivity index (χ2v) is 4.52. The van der Waals surface area contributed by atoms with Crippen LogP contribution in [0.4, 0.5) is 5.69 Å². The van der Waals surface area contributed by atoms with Gasteiger partial charge in [-0.3, -0.25) is 0 Å². The van der Waals surface area contributed by atoms with Crippen molar-refractivity contribution in [2.45, 2.75) is 0 Å². The predicted molar refractivity (Wildman–Crippen MR) is 61.9 cm³/mol. The maximum absolute atomic E-state index is 5.65. The summed E-state index contributed by atoms with van der Waals surface area (Å²) in [4.78, 5) is 1.26. The maximum atomic E-state index is 5.65. The monoisotopic (exact) mass is 253 g/mol. The van der Waals surface area contributed by atoms with E-state index < -0.39 is 0 Å². The molecule has 2 rings (SSSR count). The Bertz CT molecular complexity index is 409. The topological polar surface area (TPSA) is 26.0 Å². The molecule has 13 heavy (non-hydrogen) atoms. The van der Waals surface area contributed by atoms with Gasteiger partial charge in [-0.2, -0.15) is 0 Å². The number of benzene rings is 1. The van der Waals surface area contributed by atoms with Crippen LogP contribution in [0.5, 0.6) is 0 Å². The average molecular weight is 254 g/mol. The van der Waals surface area contributed by atoms with Crippen LogP contribution >= 0.6 is 27.3 Å². The molecular weight excluding hydrogens is 246 g/mol. The fraction of sp³-hybridized carbons (Fsp3) is 0. The minimum atomic E-state index is 0.784. The van der Waals surface area contributed by atoms with E-state index >= 15 is 0 Å². The first-order chi connectivity index (χ1) is 6.27. The maximum Gasteiger partial charge on any atom is 0.0354 e. The summed E-state index contributed by atoms with van der Waals surface area (Å²) in [5.74, 6) is 0. The molecule has 0 saturated heterocycles. The predicted octanol–water partition coefficient (Wildman–Crippen LogP) is 3.76. The van der Waals surface area contributed by atoms with Crippen LogP contribution in [-0.2, 0) is 0 Å². The molecule has 1 aromatic carbocycles. The summed E-state index contributed by atoms with van der Waals surface area (Å²) >= 11 is 5.22. The summed E-state index contributed by atoms with van der Waals surface area (Å²) in [6, 6.07) is 10.0. The Morgan fingerprint density at radius 1 is 1.23 bits per heavy atom. The van der Waals surface area contributed by atoms with E-state index in [0.29, 0.717) is 0 Å². The van der Waals surface area contributed by atoms with Crippen molar-refractivity contribution < 1.29 is 0 Å². The summed E-state index contributed by atoms with van der Waals surface area (Å²) in [6.07, 6.45) is 0. The highest BCUT2D eigenvalue weighted by molar-refractivity contribution is 9.10. The molecule has 0 aliphatic rings. The first kappa shape index (κ1) is 8.78. The van der Waals surface area contributed by atoms with E-state index in [0.717, 1.165) is 10.2 Å². The third-order valence-electron chi connectivity index (χ3n) is 1.78. The van der Waals surface area contributed by atoms with Crippen molar-refractivity contribution in [3.8, 4) is 10.4 Å². The number of rotatable bonds is 1. The minimum Gasteiger partial charge on any atom is -0.399 e. The van der Waals surface area contributed by atoms with Gasteiger partial charge in [0.05, 0.1) is 0 Å². The van der Waals surface area contributed by atoms with Gasteiger partial charge in [0.1, 0.15) is 0 Å². The molecule has 1 heterocycles. The third kappa shape index (κ3) is 1.76. The fourth-order valence-corrected chi connectivity index (χ4v) is 2.67. The zero-order chi connectivity index (χ0) is 9.26. The minimum absolute atomic E-state index is 0.784. The van der Waals surface area contributed by atoms with Crippen molar-refractivity contribution in [2.24, 2.45) is 0 Å². The zero-order valence-corrected chi connectivity index (χ0v) is 9.23. The van der Waals surface area contributed by atoms with Gasteiger partial charge in [-0.05, 0) is 23.6 Å². The molecule has 1 nitrogen and oxygen atoms in total. The molecule has 2 aromatic rings. The molecule has 0 aliphatic heterocycles. The lowest BCUT2D eigenvalue weighted by Gasteiger charge is -2.01. The Labute approximate surface area is 89.3 Å². The number of nitrogen functional groups attached to an aromatic ring is 1. The van der Waals surface area contributed by atoms with Crippen molar-refractivity contribution in [3.63, 3.8) is 0 Å². The molecule has 0 radical (unpaired) electrons. The van der Waals surface area contributed by atoms with Crippen LogP contribution < -0.4 is 5.73 Å². The lowest BCUT2D eigenvalue weighted by atomic mass is 10.2. The molecule has 0 atom stereocenters. The number of thiophene rings is 1. The molecule has 0 amide bonds. The normalized spacial score (nSPS) is 10.2. The highest BCUT2D eigenvalue weighted by Crippen LogP contribution is 2.32. The second kappa shape index (κ2) is 3.52. The molecule has 3 heteroatoms. The van der Waals surface area contributed by atoms with Gasteiger partial charge in [0, 0.05) is 20.6 Å². The first-order valence-corrected chi connectivity index (χ1v) is 5.53. The molecule has 1 aromatic heterocycles. The Hall–Kier alpha value is -0.800. The van der Waals surface area contributed by atoms with Gasteiger partial charge in [-0.1, -0.05) is 28.1 Å². The molecule has 0 fully saturated rings. The van der Waals surface area contributed by atoms with Gasteiger partial charge in [0.15, 0.2) is 0 Å². The Kier molecular flexibility index (Phi) is 2.38. The largest absolute Gasteiger partial charge is 0.399 e. The number of nitrogens with two attached hydrogens (primary N) is 1. The van der Waals surface area contributed by atoms with Crippen molar-refractivity contribution >= 4 is 33.0 Å². The number of hydrogen-bond donors (Lipinski definition) is 1. The highest BCUT2D eigenvalue weighted by Gasteiger charge is 2.03. The van der Waals surface area contributed by atoms with Gasteiger partial charge in [-0.15, -0.1) is 11.3 Å². The van der Waals surface area contributed by atoms with Gasteiger partial charge in [0.25, 0.3) is 0 Å². The number of hydrogen-bond acceptors (Lipinski definition) is 2. The lowest BCUT2D eigenvalue weighted by Crippen LogP contribution is -1.84. The van der Waals surface area contributed by atoms with E-state index in [9.17, 15) is 0 Å². The van der Waals surface area contributed by atoms with Crippen LogP contribution in [0.1, 0.15) is 0 Å². The summed E-state index contributed by atoms with van der Waals surface area (Å²) in [5.41, 5.74) is 7.64. The zero-order valence-electron chi connectivity index (χ0n) is 6.83. The molecule has 0 saturated carbocycles. The standard InChI is InChI=1S/C10H8BrNS/c11-9-6-7(12)3-4-8(9)10-2-1-5-13-10/h1-6H,12H2. The summed E-state index contributed by atoms with van der Waals surface area (Å²) in [7, 11) is 0. The molecule has 0 spiro atoms. The summed E-state index contributed by atoms with van der Waals surface area (Å²) in [6.45, 7) is 0. The molecule has 2 N–H and O–H groups in total. The van der Waals surface area contributed by atoms with Gasteiger partial charge in [0.2, 0.25) is 0 Å². The van der Waals surface area contributed by atoms with Crippen molar-refractivity contribution in [3.05, 3.63) is 40.2 Å². The summed E-state index contributed by atoms with van der Waals surface area (Å²) in [5, 5.41) is 2.07. The Balaban J connectivity index is 2.53. The van der Waals surface area contributed by atoms with Crippen LogP contribution in [0.25, 0.3) is 10.4 Å². The van der Waals surface area contributed by atoms with Crippen LogP contribution in [0.2, 0.25) is 0 Å². The van der Waals surface area contributed by atoms with E-state index in [-0.39, 0.29) is 0 Å². The number of halogens is 1. The lowest BCUT2D eigenvalue weighted by molar-refractivity contribution is 1.63. The molecule has 0 aliphatic carbocycles. The summed E-state index contributed by atoms with van der Waals surface area (Å²) < 4.78 is 1.05. The van der Waals surface area contributed by atoms with Crippen LogP contribution in [0, 0.1) is 0 Å². The van der Waals surface area contributed by atoms with Crippen LogP contribution in [0.3, 0.4) is 0 Å². The SMILES string of the molecule is Nc1ccc(-c2cccs2)c(Br)c1. The quantitative estimate of drug-likeness (QED) is 0.770. The Morgan fingerprint density at radius 2 is 2.08 bits per heavy atom. The van der Waals surface area contributed by atoms with Gasteiger partial charge in [-0.25, -0.2) is 0 Å². The highest BCUT2D eigenvalue weighted by atomic mass is 79.9. The van der Waals surface area contributed by atoms with Crippen LogP contribution in [0.15, 0.2) is 40.2 Å².